The molecule has 2 aliphatic rings. The molecule has 2 unspecified atom stereocenters. The first-order chi connectivity index (χ1) is 12.4. The van der Waals surface area contributed by atoms with Gasteiger partial charge >= 0.3 is 0 Å². The van der Waals surface area contributed by atoms with Crippen LogP contribution in [0.1, 0.15) is 50.2 Å². The van der Waals surface area contributed by atoms with Crippen molar-refractivity contribution in [2.45, 2.75) is 58.6 Å². The SMILES string of the molecule is CCNC(=NCC(C)(O)c1cc(C)oc1C)NCC1CCN(C2CC2)C1.I. The molecule has 0 bridgehead atoms. The topological polar surface area (TPSA) is 73.0 Å². The summed E-state index contributed by atoms with van der Waals surface area (Å²) in [5.41, 5.74) is -0.231. The molecule has 0 amide bonds. The Morgan fingerprint density at radius 1 is 1.33 bits per heavy atom. The molecule has 2 atom stereocenters. The first-order valence-electron chi connectivity index (χ1n) is 9.95. The number of aliphatic imine (C=N–C) groups is 1. The standard InChI is InChI=1S/C20H34N4O2.HI/c1-5-21-19(22-11-16-8-9-24(12-16)17-6-7-17)23-13-20(4,25)18-10-14(2)26-15(18)3;/h10,16-17,25H,5-9,11-13H2,1-4H3,(H2,21,22,23);1H. The van der Waals surface area contributed by atoms with Gasteiger partial charge in [0.15, 0.2) is 5.96 Å². The summed E-state index contributed by atoms with van der Waals surface area (Å²) in [5.74, 6) is 3.02. The first-order valence-corrected chi connectivity index (χ1v) is 9.95. The van der Waals surface area contributed by atoms with Gasteiger partial charge in [0.25, 0.3) is 0 Å². The first kappa shape index (κ1) is 22.5. The second-order valence-corrected chi connectivity index (χ2v) is 8.06. The van der Waals surface area contributed by atoms with Crippen molar-refractivity contribution in [1.29, 1.82) is 0 Å². The lowest BCUT2D eigenvalue weighted by atomic mass is 9.96. The highest BCUT2D eigenvalue weighted by Gasteiger charge is 2.34. The van der Waals surface area contributed by atoms with Crippen LogP contribution >= 0.6 is 24.0 Å². The van der Waals surface area contributed by atoms with Crippen LogP contribution < -0.4 is 10.6 Å². The van der Waals surface area contributed by atoms with Crippen LogP contribution in [0, 0.1) is 19.8 Å². The second kappa shape index (κ2) is 9.60. The zero-order chi connectivity index (χ0) is 18.7. The summed E-state index contributed by atoms with van der Waals surface area (Å²) < 4.78 is 5.56. The zero-order valence-electron chi connectivity index (χ0n) is 17.0. The number of nitrogens with zero attached hydrogens (tertiary/aromatic N) is 2. The van der Waals surface area contributed by atoms with Crippen LogP contribution in [0.4, 0.5) is 0 Å². The van der Waals surface area contributed by atoms with Crippen LogP contribution in [-0.4, -0.2) is 54.7 Å². The lowest BCUT2D eigenvalue weighted by Crippen LogP contribution is -2.41. The number of guanidine groups is 1. The highest BCUT2D eigenvalue weighted by atomic mass is 127. The van der Waals surface area contributed by atoms with Crippen molar-refractivity contribution in [2.75, 3.05) is 32.7 Å². The van der Waals surface area contributed by atoms with Crippen LogP contribution in [0.15, 0.2) is 15.5 Å². The molecule has 3 N–H and O–H groups in total. The number of rotatable bonds is 7. The number of hydrogen-bond donors (Lipinski definition) is 3. The fourth-order valence-corrected chi connectivity index (χ4v) is 3.87. The summed E-state index contributed by atoms with van der Waals surface area (Å²) in [6, 6.07) is 2.76. The minimum atomic E-state index is -1.04. The predicted octanol–water partition coefficient (Wildman–Crippen LogP) is 2.76. The van der Waals surface area contributed by atoms with E-state index in [0.29, 0.717) is 12.5 Å². The Hall–Kier alpha value is -0.800. The Balaban J connectivity index is 0.00000261. The van der Waals surface area contributed by atoms with Crippen LogP contribution in [0.2, 0.25) is 0 Å². The highest BCUT2D eigenvalue weighted by molar-refractivity contribution is 14.0. The van der Waals surface area contributed by atoms with Crippen LogP contribution in [0.5, 0.6) is 0 Å². The van der Waals surface area contributed by atoms with E-state index in [9.17, 15) is 5.11 Å². The van der Waals surface area contributed by atoms with Crippen molar-refractivity contribution >= 4 is 29.9 Å². The Bertz CT molecular complexity index is 640. The summed E-state index contributed by atoms with van der Waals surface area (Å²) in [4.78, 5) is 7.26. The van der Waals surface area contributed by atoms with Crippen molar-refractivity contribution in [3.05, 3.63) is 23.2 Å². The molecule has 1 aromatic heterocycles. The van der Waals surface area contributed by atoms with Crippen LogP contribution in [-0.2, 0) is 5.60 Å². The van der Waals surface area contributed by atoms with Gasteiger partial charge in [-0.3, -0.25) is 0 Å². The van der Waals surface area contributed by atoms with E-state index in [1.807, 2.05) is 19.9 Å². The minimum Gasteiger partial charge on any atom is -0.466 e. The summed E-state index contributed by atoms with van der Waals surface area (Å²) >= 11 is 0. The molecule has 2 fully saturated rings. The van der Waals surface area contributed by atoms with Gasteiger partial charge in [-0.2, -0.15) is 0 Å². The number of aryl methyl sites for hydroxylation is 2. The Labute approximate surface area is 180 Å². The summed E-state index contributed by atoms with van der Waals surface area (Å²) in [6.07, 6.45) is 4.02. The zero-order valence-corrected chi connectivity index (χ0v) is 19.4. The number of nitrogens with one attached hydrogen (secondary N) is 2. The fraction of sp³-hybridized carbons (Fsp3) is 0.750. The van der Waals surface area contributed by atoms with E-state index in [1.165, 1.54) is 32.4 Å². The maximum atomic E-state index is 10.9. The summed E-state index contributed by atoms with van der Waals surface area (Å²) in [7, 11) is 0. The van der Waals surface area contributed by atoms with E-state index in [4.69, 9.17) is 4.42 Å². The van der Waals surface area contributed by atoms with Crippen LogP contribution in [0.25, 0.3) is 0 Å². The highest BCUT2D eigenvalue weighted by Crippen LogP contribution is 2.31. The third-order valence-electron chi connectivity index (χ3n) is 5.45. The van der Waals surface area contributed by atoms with Gasteiger partial charge in [-0.05, 0) is 65.5 Å². The van der Waals surface area contributed by atoms with Gasteiger partial charge < -0.3 is 25.1 Å². The molecule has 154 valence electrons. The van der Waals surface area contributed by atoms with E-state index >= 15 is 0 Å². The normalized spacial score (nSPS) is 23.0. The molecule has 0 spiro atoms. The van der Waals surface area contributed by atoms with Gasteiger partial charge in [-0.15, -0.1) is 24.0 Å². The van der Waals surface area contributed by atoms with E-state index < -0.39 is 5.60 Å². The molecular weight excluding hydrogens is 455 g/mol. The molecule has 0 aromatic carbocycles. The van der Waals surface area contributed by atoms with Crippen molar-refractivity contribution in [2.24, 2.45) is 10.9 Å². The van der Waals surface area contributed by atoms with Gasteiger partial charge in [-0.1, -0.05) is 0 Å². The van der Waals surface area contributed by atoms with E-state index in [2.05, 4.69) is 27.4 Å². The molecule has 1 aliphatic carbocycles. The molecule has 3 rings (SSSR count). The second-order valence-electron chi connectivity index (χ2n) is 8.06. The molecule has 1 saturated heterocycles. The van der Waals surface area contributed by atoms with Crippen molar-refractivity contribution in [3.8, 4) is 0 Å². The number of aliphatic hydroxyl groups is 1. The van der Waals surface area contributed by atoms with Gasteiger partial charge in [0.2, 0.25) is 0 Å². The Morgan fingerprint density at radius 3 is 2.67 bits per heavy atom. The summed E-state index contributed by atoms with van der Waals surface area (Å²) in [5, 5.41) is 17.6. The maximum absolute atomic E-state index is 10.9. The molecule has 1 aromatic rings. The monoisotopic (exact) mass is 490 g/mol. The van der Waals surface area contributed by atoms with Crippen LogP contribution in [0.3, 0.4) is 0 Å². The molecular formula is C20H35IN4O2. The van der Waals surface area contributed by atoms with Crippen molar-refractivity contribution in [3.63, 3.8) is 0 Å². The average molecular weight is 490 g/mol. The largest absolute Gasteiger partial charge is 0.466 e. The molecule has 1 aliphatic heterocycles. The van der Waals surface area contributed by atoms with Crippen molar-refractivity contribution < 1.29 is 9.52 Å². The van der Waals surface area contributed by atoms with E-state index in [0.717, 1.165) is 42.2 Å². The van der Waals surface area contributed by atoms with Gasteiger partial charge in [0, 0.05) is 31.2 Å². The Kier molecular flexibility index (Phi) is 8.00. The molecule has 7 heteroatoms. The molecule has 2 heterocycles. The predicted molar refractivity (Wildman–Crippen MR) is 120 cm³/mol. The van der Waals surface area contributed by atoms with Crippen molar-refractivity contribution in [1.82, 2.24) is 15.5 Å². The lowest BCUT2D eigenvalue weighted by molar-refractivity contribution is 0.0657. The third kappa shape index (κ3) is 6.09. The molecule has 1 saturated carbocycles. The number of likely N-dealkylation sites (tertiary alicyclic amines) is 1. The van der Waals surface area contributed by atoms with Gasteiger partial charge in [-0.25, -0.2) is 4.99 Å². The maximum Gasteiger partial charge on any atom is 0.191 e. The molecule has 27 heavy (non-hydrogen) atoms. The number of furan rings is 1. The number of hydrogen-bond acceptors (Lipinski definition) is 4. The molecule has 6 nitrogen and oxygen atoms in total. The Morgan fingerprint density at radius 2 is 2.07 bits per heavy atom. The van der Waals surface area contributed by atoms with E-state index in [-0.39, 0.29) is 24.0 Å². The van der Waals surface area contributed by atoms with Gasteiger partial charge in [0.05, 0.1) is 6.54 Å². The third-order valence-corrected chi connectivity index (χ3v) is 5.45. The minimum absolute atomic E-state index is 0. The van der Waals surface area contributed by atoms with E-state index in [1.54, 1.807) is 6.92 Å². The summed E-state index contributed by atoms with van der Waals surface area (Å²) in [6.45, 7) is 12.1. The van der Waals surface area contributed by atoms with Gasteiger partial charge in [0.1, 0.15) is 17.1 Å². The molecule has 0 radical (unpaired) electrons. The average Bonchev–Trinajstić information content (AvgIpc) is 3.23. The lowest BCUT2D eigenvalue weighted by Gasteiger charge is -2.22. The number of halogens is 1. The smallest absolute Gasteiger partial charge is 0.191 e. The fourth-order valence-electron chi connectivity index (χ4n) is 3.87. The quantitative estimate of drug-likeness (QED) is 0.312.